The lowest BCUT2D eigenvalue weighted by atomic mass is 9.46. The molecule has 2 aromatic rings. The zero-order chi connectivity index (χ0) is 21.4. The molecule has 1 aromatic heterocycles. The van der Waals surface area contributed by atoms with Gasteiger partial charge >= 0.3 is 0 Å². The van der Waals surface area contributed by atoms with Gasteiger partial charge in [-0.1, -0.05) is 13.8 Å². The van der Waals surface area contributed by atoms with Crippen molar-refractivity contribution >= 4 is 27.9 Å². The van der Waals surface area contributed by atoms with E-state index in [-0.39, 0.29) is 11.2 Å². The summed E-state index contributed by atoms with van der Waals surface area (Å²) >= 11 is 1.84. The van der Waals surface area contributed by atoms with Crippen molar-refractivity contribution in [3.8, 4) is 5.75 Å². The maximum atomic E-state index is 12.7. The average Bonchev–Trinajstić information content (AvgIpc) is 3.29. The minimum absolute atomic E-state index is 0.0319. The Hall–Kier alpha value is -1.88. The molecule has 3 fully saturated rings. The Kier molecular flexibility index (Phi) is 4.34. The number of Topliss-reactive ketones (excluding diaryl/α,β-unsaturated/α-hetero) is 1. The van der Waals surface area contributed by atoms with Crippen molar-refractivity contribution in [3.05, 3.63) is 34.8 Å². The summed E-state index contributed by atoms with van der Waals surface area (Å²) in [5, 5.41) is 14.0. The molecule has 0 saturated heterocycles. The number of anilines is 2. The highest BCUT2D eigenvalue weighted by Crippen LogP contribution is 2.67. The molecule has 164 valence electrons. The van der Waals surface area contributed by atoms with Crippen LogP contribution in [0.25, 0.3) is 0 Å². The molecule has 0 spiro atoms. The fraction of sp³-hybridized carbons (Fsp3) is 0.615. The molecule has 0 radical (unpaired) electrons. The lowest BCUT2D eigenvalue weighted by molar-refractivity contribution is -0.134. The first-order valence-corrected chi connectivity index (χ1v) is 12.8. The molecule has 6 rings (SSSR count). The topological polar surface area (TPSA) is 62.2 Å². The van der Waals surface area contributed by atoms with Gasteiger partial charge in [-0.15, -0.1) is 11.3 Å². The number of benzene rings is 1. The van der Waals surface area contributed by atoms with Gasteiger partial charge in [0.25, 0.3) is 0 Å². The zero-order valence-corrected chi connectivity index (χ0v) is 19.3. The van der Waals surface area contributed by atoms with Gasteiger partial charge in [-0.25, -0.2) is 4.98 Å². The molecule has 4 nitrogen and oxygen atoms in total. The number of hydrogen-bond acceptors (Lipinski definition) is 5. The highest BCUT2D eigenvalue weighted by molar-refractivity contribution is 7.15. The van der Waals surface area contributed by atoms with Crippen molar-refractivity contribution in [1.29, 1.82) is 0 Å². The van der Waals surface area contributed by atoms with Gasteiger partial charge in [0.05, 0.1) is 5.69 Å². The predicted octanol–water partition coefficient (Wildman–Crippen LogP) is 6.43. The molecule has 31 heavy (non-hydrogen) atoms. The third-order valence-electron chi connectivity index (χ3n) is 9.64. The predicted molar refractivity (Wildman–Crippen MR) is 124 cm³/mol. The molecular weight excluding hydrogens is 404 g/mol. The molecule has 6 atom stereocenters. The standard InChI is InChI=1S/C26H32N2O2S/c1-25-14-12-21-23(31-24(28-21)27-15-3-5-16(29)6-4-15)20(25)8-7-17-18-9-10-22(30)26(18,2)13-11-19(17)25/h3-6,17-20,29H,7-14H2,1-2H3,(H,27,28)/t17-,18-,19-,20?,25+,26-/m0/s1. The van der Waals surface area contributed by atoms with Crippen LogP contribution in [0.1, 0.15) is 75.3 Å². The smallest absolute Gasteiger partial charge is 0.187 e. The number of carbonyl (C=O) groups is 1. The van der Waals surface area contributed by atoms with Gasteiger partial charge in [-0.3, -0.25) is 4.79 Å². The minimum Gasteiger partial charge on any atom is -0.508 e. The van der Waals surface area contributed by atoms with E-state index in [2.05, 4.69) is 19.2 Å². The number of thiazole rings is 1. The quantitative estimate of drug-likeness (QED) is 0.532. The molecule has 1 heterocycles. The number of nitrogens with one attached hydrogen (secondary N) is 1. The number of fused-ring (bicyclic) bond motifs is 7. The Balaban J connectivity index is 1.28. The van der Waals surface area contributed by atoms with Crippen LogP contribution in [-0.2, 0) is 11.2 Å². The normalized spacial score (nSPS) is 38.7. The van der Waals surface area contributed by atoms with Crippen LogP contribution in [-0.4, -0.2) is 15.9 Å². The number of hydrogen-bond donors (Lipinski definition) is 2. The number of phenolic OH excluding ortho intramolecular Hbond substituents is 1. The Labute approximate surface area is 188 Å². The third-order valence-corrected chi connectivity index (χ3v) is 10.8. The summed E-state index contributed by atoms with van der Waals surface area (Å²) in [6, 6.07) is 7.21. The second-order valence-corrected chi connectivity index (χ2v) is 12.0. The van der Waals surface area contributed by atoms with Gasteiger partial charge in [-0.2, -0.15) is 0 Å². The van der Waals surface area contributed by atoms with Gasteiger partial charge in [0.2, 0.25) is 0 Å². The molecule has 0 aliphatic heterocycles. The van der Waals surface area contributed by atoms with E-state index in [1.54, 1.807) is 12.1 Å². The average molecular weight is 437 g/mol. The maximum absolute atomic E-state index is 12.7. The lowest BCUT2D eigenvalue weighted by Crippen LogP contribution is -2.52. The fourth-order valence-corrected chi connectivity index (χ4v) is 9.27. The molecule has 3 saturated carbocycles. The van der Waals surface area contributed by atoms with Gasteiger partial charge in [0, 0.05) is 28.3 Å². The van der Waals surface area contributed by atoms with Crippen molar-refractivity contribution in [3.63, 3.8) is 0 Å². The highest BCUT2D eigenvalue weighted by atomic mass is 32.1. The first kappa shape index (κ1) is 19.8. The summed E-state index contributed by atoms with van der Waals surface area (Å²) in [5.41, 5.74) is 2.57. The van der Waals surface area contributed by atoms with Crippen LogP contribution in [0.3, 0.4) is 0 Å². The first-order chi connectivity index (χ1) is 14.9. The lowest BCUT2D eigenvalue weighted by Gasteiger charge is -2.59. The zero-order valence-electron chi connectivity index (χ0n) is 18.5. The summed E-state index contributed by atoms with van der Waals surface area (Å²) in [4.78, 5) is 19.1. The van der Waals surface area contributed by atoms with E-state index in [0.717, 1.165) is 48.3 Å². The summed E-state index contributed by atoms with van der Waals surface area (Å²) in [7, 11) is 0. The number of aryl methyl sites for hydroxylation is 1. The monoisotopic (exact) mass is 436 g/mol. The van der Waals surface area contributed by atoms with Crippen LogP contribution in [0.2, 0.25) is 0 Å². The molecule has 0 bridgehead atoms. The SMILES string of the molecule is C[C@]12CCc3nc(Nc4ccc(O)cc4)sc3C1CC[C@@H]1[C@@H]2CC[C@]2(C)C(=O)CC[C@@H]12. The van der Waals surface area contributed by atoms with Crippen LogP contribution in [0.5, 0.6) is 5.75 Å². The van der Waals surface area contributed by atoms with E-state index < -0.39 is 0 Å². The summed E-state index contributed by atoms with van der Waals surface area (Å²) in [5.74, 6) is 3.53. The number of aromatic nitrogens is 1. The number of ketones is 1. The second kappa shape index (κ2) is 6.81. The maximum Gasteiger partial charge on any atom is 0.187 e. The van der Waals surface area contributed by atoms with Crippen LogP contribution < -0.4 is 5.32 Å². The molecule has 4 aliphatic rings. The Morgan fingerprint density at radius 3 is 2.65 bits per heavy atom. The first-order valence-electron chi connectivity index (χ1n) is 12.0. The molecule has 0 amide bonds. The highest BCUT2D eigenvalue weighted by Gasteiger charge is 2.60. The van der Waals surface area contributed by atoms with Crippen LogP contribution in [0, 0.1) is 28.6 Å². The number of rotatable bonds is 2. The molecular formula is C26H32N2O2S. The van der Waals surface area contributed by atoms with Gasteiger partial charge in [-0.05, 0) is 92.4 Å². The molecule has 4 aliphatic carbocycles. The van der Waals surface area contributed by atoms with E-state index in [1.807, 2.05) is 23.5 Å². The fourth-order valence-electron chi connectivity index (χ4n) is 7.94. The Morgan fingerprint density at radius 1 is 1.03 bits per heavy atom. The van der Waals surface area contributed by atoms with Crippen LogP contribution >= 0.6 is 11.3 Å². The summed E-state index contributed by atoms with van der Waals surface area (Å²) < 4.78 is 0. The summed E-state index contributed by atoms with van der Waals surface area (Å²) in [6.07, 6.45) is 9.08. The third kappa shape index (κ3) is 2.84. The minimum atomic E-state index is -0.0319. The largest absolute Gasteiger partial charge is 0.508 e. The van der Waals surface area contributed by atoms with E-state index in [4.69, 9.17) is 4.98 Å². The molecule has 1 aromatic carbocycles. The number of phenols is 1. The van der Waals surface area contributed by atoms with Crippen LogP contribution in [0.15, 0.2) is 24.3 Å². The van der Waals surface area contributed by atoms with Crippen molar-refractivity contribution in [1.82, 2.24) is 4.98 Å². The Bertz CT molecular complexity index is 1030. The number of aromatic hydroxyl groups is 1. The molecule has 2 N–H and O–H groups in total. The van der Waals surface area contributed by atoms with E-state index in [1.165, 1.54) is 36.3 Å². The van der Waals surface area contributed by atoms with E-state index in [9.17, 15) is 9.90 Å². The van der Waals surface area contributed by atoms with Gasteiger partial charge in [0.1, 0.15) is 11.5 Å². The number of carbonyl (C=O) groups excluding carboxylic acids is 1. The van der Waals surface area contributed by atoms with Gasteiger partial charge in [0.15, 0.2) is 5.13 Å². The number of nitrogens with zero attached hydrogens (tertiary/aromatic N) is 1. The van der Waals surface area contributed by atoms with Crippen molar-refractivity contribution in [2.45, 2.75) is 71.1 Å². The van der Waals surface area contributed by atoms with Crippen molar-refractivity contribution in [2.75, 3.05) is 5.32 Å². The molecule has 5 heteroatoms. The van der Waals surface area contributed by atoms with Gasteiger partial charge < -0.3 is 10.4 Å². The summed E-state index contributed by atoms with van der Waals surface area (Å²) in [6.45, 7) is 4.84. The second-order valence-electron chi connectivity index (χ2n) is 10.9. The van der Waals surface area contributed by atoms with Crippen LogP contribution in [0.4, 0.5) is 10.8 Å². The van der Waals surface area contributed by atoms with E-state index >= 15 is 0 Å². The van der Waals surface area contributed by atoms with E-state index in [0.29, 0.717) is 23.0 Å². The van der Waals surface area contributed by atoms with Crippen molar-refractivity contribution in [2.24, 2.45) is 28.6 Å². The van der Waals surface area contributed by atoms with Crippen molar-refractivity contribution < 1.29 is 9.90 Å². The molecule has 1 unspecified atom stereocenters. The Morgan fingerprint density at radius 2 is 1.84 bits per heavy atom.